The molecule has 4 rings (SSSR count). The van der Waals surface area contributed by atoms with Gasteiger partial charge in [-0.15, -0.1) is 0 Å². The van der Waals surface area contributed by atoms with Gasteiger partial charge in [-0.1, -0.05) is 45.4 Å². The van der Waals surface area contributed by atoms with Gasteiger partial charge in [0, 0.05) is 24.5 Å². The number of hydrogen-bond donors (Lipinski definition) is 1. The van der Waals surface area contributed by atoms with E-state index >= 15 is 0 Å². The first kappa shape index (κ1) is 25.0. The minimum Gasteiger partial charge on any atom is -0.449 e. The van der Waals surface area contributed by atoms with Crippen molar-refractivity contribution in [1.82, 2.24) is 14.3 Å². The van der Waals surface area contributed by atoms with E-state index in [0.717, 1.165) is 36.0 Å². The van der Waals surface area contributed by atoms with Gasteiger partial charge < -0.3 is 9.30 Å². The van der Waals surface area contributed by atoms with Crippen molar-refractivity contribution >= 4 is 16.1 Å². The van der Waals surface area contributed by atoms with Gasteiger partial charge in [0.05, 0.1) is 17.8 Å². The van der Waals surface area contributed by atoms with Crippen molar-refractivity contribution in [3.63, 3.8) is 0 Å². The van der Waals surface area contributed by atoms with Crippen molar-refractivity contribution in [1.29, 1.82) is 0 Å². The standard InChI is InChI=1S/C27H33N3O4S/c1-4-5-13-34-27(31)29-35(32,33)26-16-24-22(9-10-23(24)19(2)3)15-25(26)21-8-6-7-20(14-21)17-30-12-11-28-18-30/h6-8,11-12,14-16,18-19,23H,4-5,9-10,13,17H2,1-3H3,(H,29,31). The Balaban J connectivity index is 1.75. The van der Waals surface area contributed by atoms with Gasteiger partial charge in [-0.2, -0.15) is 0 Å². The van der Waals surface area contributed by atoms with Crippen LogP contribution in [0.1, 0.15) is 62.6 Å². The number of benzene rings is 2. The van der Waals surface area contributed by atoms with Crippen LogP contribution in [0.3, 0.4) is 0 Å². The lowest BCUT2D eigenvalue weighted by Crippen LogP contribution is -2.32. The summed E-state index contributed by atoms with van der Waals surface area (Å²) in [6, 6.07) is 11.6. The Morgan fingerprint density at radius 1 is 1.26 bits per heavy atom. The molecule has 1 heterocycles. The monoisotopic (exact) mass is 495 g/mol. The predicted molar refractivity (Wildman–Crippen MR) is 136 cm³/mol. The molecule has 1 aromatic heterocycles. The second-order valence-corrected chi connectivity index (χ2v) is 11.1. The van der Waals surface area contributed by atoms with Gasteiger partial charge in [0.15, 0.2) is 0 Å². The highest BCUT2D eigenvalue weighted by Crippen LogP contribution is 2.42. The zero-order chi connectivity index (χ0) is 25.0. The lowest BCUT2D eigenvalue weighted by Gasteiger charge is -2.19. The summed E-state index contributed by atoms with van der Waals surface area (Å²) in [4.78, 5) is 16.5. The van der Waals surface area contributed by atoms with Crippen molar-refractivity contribution in [2.45, 2.75) is 63.8 Å². The van der Waals surface area contributed by atoms with Crippen molar-refractivity contribution in [2.75, 3.05) is 6.61 Å². The minimum absolute atomic E-state index is 0.107. The Morgan fingerprint density at radius 3 is 2.80 bits per heavy atom. The first-order chi connectivity index (χ1) is 16.8. The number of unbranched alkanes of at least 4 members (excludes halogenated alkanes) is 1. The molecule has 7 nitrogen and oxygen atoms in total. The molecule has 186 valence electrons. The van der Waals surface area contributed by atoms with Crippen molar-refractivity contribution in [2.24, 2.45) is 5.92 Å². The molecule has 0 bridgehead atoms. The Hall–Kier alpha value is -3.13. The first-order valence-corrected chi connectivity index (χ1v) is 13.7. The first-order valence-electron chi connectivity index (χ1n) is 12.2. The summed E-state index contributed by atoms with van der Waals surface area (Å²) >= 11 is 0. The molecule has 0 fully saturated rings. The van der Waals surface area contributed by atoms with E-state index in [1.165, 1.54) is 5.56 Å². The van der Waals surface area contributed by atoms with Gasteiger partial charge >= 0.3 is 6.09 Å². The Bertz CT molecular complexity index is 1280. The van der Waals surface area contributed by atoms with Crippen molar-refractivity contribution in [3.8, 4) is 11.1 Å². The van der Waals surface area contributed by atoms with E-state index in [9.17, 15) is 13.2 Å². The fourth-order valence-corrected chi connectivity index (χ4v) is 5.88. The molecule has 0 saturated heterocycles. The summed E-state index contributed by atoms with van der Waals surface area (Å²) in [6.45, 7) is 7.09. The molecule has 2 aromatic carbocycles. The molecule has 35 heavy (non-hydrogen) atoms. The third-order valence-electron chi connectivity index (χ3n) is 6.57. The number of imidazole rings is 1. The molecule has 0 aliphatic heterocycles. The summed E-state index contributed by atoms with van der Waals surface area (Å²) in [5.41, 5.74) is 4.63. The maximum Gasteiger partial charge on any atom is 0.421 e. The predicted octanol–water partition coefficient (Wildman–Crippen LogP) is 5.50. The van der Waals surface area contributed by atoms with Crippen molar-refractivity contribution < 1.29 is 17.9 Å². The quantitative estimate of drug-likeness (QED) is 0.396. The summed E-state index contributed by atoms with van der Waals surface area (Å²) in [6.07, 6.45) is 7.84. The SMILES string of the molecule is CCCCOC(=O)NS(=O)(=O)c1cc2c(cc1-c1cccc(Cn3ccnc3)c1)CCC2C(C)C. The van der Waals surface area contributed by atoms with Crippen LogP contribution in [0.25, 0.3) is 11.1 Å². The van der Waals surface area contributed by atoms with Crippen LogP contribution in [0.2, 0.25) is 0 Å². The zero-order valence-electron chi connectivity index (χ0n) is 20.5. The van der Waals surface area contributed by atoms with Gasteiger partial charge in [-0.05, 0) is 71.6 Å². The van der Waals surface area contributed by atoms with Crippen LogP contribution in [0, 0.1) is 5.92 Å². The van der Waals surface area contributed by atoms with Crippen LogP contribution in [-0.2, 0) is 27.7 Å². The Kier molecular flexibility index (Phi) is 7.60. The molecule has 1 aliphatic rings. The van der Waals surface area contributed by atoms with E-state index < -0.39 is 16.1 Å². The molecule has 0 radical (unpaired) electrons. The van der Waals surface area contributed by atoms with Crippen LogP contribution in [0.15, 0.2) is 60.0 Å². The lowest BCUT2D eigenvalue weighted by molar-refractivity contribution is 0.151. The number of fused-ring (bicyclic) bond motifs is 1. The Labute approximate surface area is 207 Å². The fourth-order valence-electron chi connectivity index (χ4n) is 4.74. The molecule has 1 atom stereocenters. The maximum atomic E-state index is 13.5. The maximum absolute atomic E-state index is 13.5. The number of sulfonamides is 1. The number of rotatable bonds is 9. The Morgan fingerprint density at radius 2 is 2.09 bits per heavy atom. The van der Waals surface area contributed by atoms with E-state index in [0.29, 0.717) is 24.4 Å². The number of aromatic nitrogens is 2. The molecule has 1 aliphatic carbocycles. The topological polar surface area (TPSA) is 90.3 Å². The second kappa shape index (κ2) is 10.6. The molecular weight excluding hydrogens is 462 g/mol. The van der Waals surface area contributed by atoms with Crippen LogP contribution in [0.4, 0.5) is 4.79 Å². The number of carbonyl (C=O) groups is 1. The highest BCUT2D eigenvalue weighted by Gasteiger charge is 2.31. The molecule has 1 amide bonds. The van der Waals surface area contributed by atoms with Crippen LogP contribution in [-0.4, -0.2) is 30.7 Å². The molecule has 0 spiro atoms. The molecule has 8 heteroatoms. The number of ether oxygens (including phenoxy) is 1. The van der Waals surface area contributed by atoms with Gasteiger partial charge in [0.25, 0.3) is 10.0 Å². The number of aryl methyl sites for hydroxylation is 1. The molecule has 1 unspecified atom stereocenters. The second-order valence-electron chi connectivity index (χ2n) is 9.47. The van der Waals surface area contributed by atoms with Crippen LogP contribution < -0.4 is 4.72 Å². The normalized spacial score (nSPS) is 15.3. The van der Waals surface area contributed by atoms with E-state index in [4.69, 9.17) is 4.74 Å². The molecule has 1 N–H and O–H groups in total. The summed E-state index contributed by atoms with van der Waals surface area (Å²) in [5.74, 6) is 0.681. The summed E-state index contributed by atoms with van der Waals surface area (Å²) in [5, 5.41) is 0. The summed E-state index contributed by atoms with van der Waals surface area (Å²) < 4.78 is 36.1. The number of carbonyl (C=O) groups excluding carboxylic acids is 1. The van der Waals surface area contributed by atoms with E-state index in [1.807, 2.05) is 48.0 Å². The molecular formula is C27H33N3O4S. The average Bonchev–Trinajstić information content (AvgIpc) is 3.48. The van der Waals surface area contributed by atoms with E-state index in [2.05, 4.69) is 23.6 Å². The third-order valence-corrected chi connectivity index (χ3v) is 7.92. The number of nitrogens with one attached hydrogen (secondary N) is 1. The van der Waals surface area contributed by atoms with Crippen LogP contribution >= 0.6 is 0 Å². The lowest BCUT2D eigenvalue weighted by atomic mass is 9.89. The highest BCUT2D eigenvalue weighted by atomic mass is 32.2. The minimum atomic E-state index is -4.15. The molecule has 0 saturated carbocycles. The third kappa shape index (κ3) is 5.75. The van der Waals surface area contributed by atoms with E-state index in [1.54, 1.807) is 18.6 Å². The van der Waals surface area contributed by atoms with Crippen LogP contribution in [0.5, 0.6) is 0 Å². The fraction of sp³-hybridized carbons (Fsp3) is 0.407. The summed E-state index contributed by atoms with van der Waals surface area (Å²) in [7, 11) is -4.15. The van der Waals surface area contributed by atoms with Gasteiger partial charge in [-0.3, -0.25) is 0 Å². The average molecular weight is 496 g/mol. The number of amides is 1. The smallest absolute Gasteiger partial charge is 0.421 e. The largest absolute Gasteiger partial charge is 0.449 e. The number of hydrogen-bond acceptors (Lipinski definition) is 5. The van der Waals surface area contributed by atoms with Gasteiger partial charge in [0.1, 0.15) is 0 Å². The van der Waals surface area contributed by atoms with E-state index in [-0.39, 0.29) is 17.4 Å². The van der Waals surface area contributed by atoms with Crippen molar-refractivity contribution in [3.05, 3.63) is 71.8 Å². The van der Waals surface area contributed by atoms with Gasteiger partial charge in [-0.25, -0.2) is 22.9 Å². The zero-order valence-corrected chi connectivity index (χ0v) is 21.3. The van der Waals surface area contributed by atoms with Gasteiger partial charge in [0.2, 0.25) is 0 Å². The number of nitrogens with zero attached hydrogens (tertiary/aromatic N) is 2. The molecule has 3 aromatic rings. The highest BCUT2D eigenvalue weighted by molar-refractivity contribution is 7.90.